The van der Waals surface area contributed by atoms with Gasteiger partial charge >= 0.3 is 0 Å². The van der Waals surface area contributed by atoms with Crippen LogP contribution in [0.3, 0.4) is 0 Å². The summed E-state index contributed by atoms with van der Waals surface area (Å²) in [5.74, 6) is 1.76. The van der Waals surface area contributed by atoms with Crippen molar-refractivity contribution in [3.05, 3.63) is 54.5 Å². The van der Waals surface area contributed by atoms with Crippen molar-refractivity contribution in [1.82, 2.24) is 14.8 Å². The van der Waals surface area contributed by atoms with Crippen molar-refractivity contribution < 1.29 is 19.0 Å². The molecule has 0 radical (unpaired) electrons. The molecular weight excluding hydrogens is 348 g/mol. The molecule has 0 saturated carbocycles. The molecule has 0 spiro atoms. The van der Waals surface area contributed by atoms with Crippen LogP contribution in [0.5, 0.6) is 17.2 Å². The number of pyridine rings is 1. The van der Waals surface area contributed by atoms with E-state index in [0.29, 0.717) is 34.3 Å². The number of nitrogens with one attached hydrogen (secondary N) is 1. The van der Waals surface area contributed by atoms with Crippen LogP contribution in [0, 0.1) is 0 Å². The minimum Gasteiger partial charge on any atom is -0.493 e. The van der Waals surface area contributed by atoms with Crippen molar-refractivity contribution >= 4 is 11.6 Å². The van der Waals surface area contributed by atoms with Gasteiger partial charge in [0.15, 0.2) is 17.3 Å². The molecule has 0 unspecified atom stereocenters. The number of nitrogens with zero attached hydrogens (tertiary/aromatic N) is 3. The zero-order valence-electron chi connectivity index (χ0n) is 15.3. The number of ether oxygens (including phenoxy) is 3. The average Bonchev–Trinajstić information content (AvgIpc) is 3.22. The van der Waals surface area contributed by atoms with Crippen molar-refractivity contribution in [2.75, 3.05) is 26.6 Å². The van der Waals surface area contributed by atoms with Gasteiger partial charge in [-0.1, -0.05) is 6.07 Å². The highest BCUT2D eigenvalue weighted by Gasteiger charge is 2.18. The van der Waals surface area contributed by atoms with Gasteiger partial charge in [-0.25, -0.2) is 9.67 Å². The van der Waals surface area contributed by atoms with Crippen LogP contribution in [-0.4, -0.2) is 42.0 Å². The zero-order chi connectivity index (χ0) is 19.2. The van der Waals surface area contributed by atoms with Crippen molar-refractivity contribution in [2.24, 2.45) is 0 Å². The van der Waals surface area contributed by atoms with E-state index in [-0.39, 0.29) is 12.3 Å². The molecule has 2 heterocycles. The van der Waals surface area contributed by atoms with Gasteiger partial charge in [-0.15, -0.1) is 0 Å². The van der Waals surface area contributed by atoms with E-state index in [1.54, 1.807) is 60.7 Å². The first-order valence-corrected chi connectivity index (χ1v) is 8.20. The second-order valence-corrected chi connectivity index (χ2v) is 5.54. The third-order valence-corrected chi connectivity index (χ3v) is 3.92. The predicted molar refractivity (Wildman–Crippen MR) is 99.8 cm³/mol. The fourth-order valence-electron chi connectivity index (χ4n) is 2.74. The first kappa shape index (κ1) is 18.2. The molecule has 0 saturated heterocycles. The molecule has 0 aliphatic carbocycles. The molecule has 1 N–H and O–H groups in total. The maximum atomic E-state index is 12.6. The molecule has 2 aromatic heterocycles. The van der Waals surface area contributed by atoms with Gasteiger partial charge in [0, 0.05) is 24.2 Å². The summed E-state index contributed by atoms with van der Waals surface area (Å²) in [6.45, 7) is 0. The van der Waals surface area contributed by atoms with Gasteiger partial charge in [0.25, 0.3) is 0 Å². The first-order chi connectivity index (χ1) is 13.2. The molecule has 8 heteroatoms. The Balaban J connectivity index is 1.84. The lowest BCUT2D eigenvalue weighted by Gasteiger charge is -2.16. The lowest BCUT2D eigenvalue weighted by Crippen LogP contribution is -2.17. The molecule has 140 valence electrons. The van der Waals surface area contributed by atoms with Crippen LogP contribution in [0.4, 0.5) is 5.69 Å². The van der Waals surface area contributed by atoms with Gasteiger partial charge in [-0.05, 0) is 24.3 Å². The van der Waals surface area contributed by atoms with E-state index in [9.17, 15) is 4.79 Å². The number of methoxy groups -OCH3 is 3. The second kappa shape index (κ2) is 8.22. The Kier molecular flexibility index (Phi) is 5.55. The minimum absolute atomic E-state index is 0.0942. The van der Waals surface area contributed by atoms with E-state index in [1.165, 1.54) is 14.2 Å². The van der Waals surface area contributed by atoms with Crippen LogP contribution >= 0.6 is 0 Å². The van der Waals surface area contributed by atoms with Gasteiger partial charge in [0.05, 0.1) is 33.4 Å². The molecule has 1 aromatic carbocycles. The van der Waals surface area contributed by atoms with Crippen LogP contribution in [0.25, 0.3) is 5.82 Å². The first-order valence-electron chi connectivity index (χ1n) is 8.20. The Hall–Kier alpha value is -3.55. The smallest absolute Gasteiger partial charge is 0.229 e. The molecule has 0 fully saturated rings. The molecule has 3 aromatic rings. The third-order valence-electron chi connectivity index (χ3n) is 3.92. The Morgan fingerprint density at radius 3 is 2.52 bits per heavy atom. The second-order valence-electron chi connectivity index (χ2n) is 5.54. The lowest BCUT2D eigenvalue weighted by atomic mass is 10.1. The third kappa shape index (κ3) is 3.84. The summed E-state index contributed by atoms with van der Waals surface area (Å²) in [5, 5.41) is 7.03. The summed E-state index contributed by atoms with van der Waals surface area (Å²) < 4.78 is 17.7. The molecular formula is C19H20N4O4. The van der Waals surface area contributed by atoms with Crippen molar-refractivity contribution in [2.45, 2.75) is 6.42 Å². The Morgan fingerprint density at radius 2 is 1.85 bits per heavy atom. The number of hydrogen-bond acceptors (Lipinski definition) is 6. The Morgan fingerprint density at radius 1 is 1.04 bits per heavy atom. The molecule has 1 amide bonds. The van der Waals surface area contributed by atoms with Crippen LogP contribution < -0.4 is 19.5 Å². The average molecular weight is 368 g/mol. The van der Waals surface area contributed by atoms with E-state index < -0.39 is 0 Å². The highest BCUT2D eigenvalue weighted by molar-refractivity contribution is 5.94. The zero-order valence-corrected chi connectivity index (χ0v) is 15.3. The minimum atomic E-state index is -0.220. The van der Waals surface area contributed by atoms with Gasteiger partial charge in [-0.3, -0.25) is 4.79 Å². The lowest BCUT2D eigenvalue weighted by molar-refractivity contribution is -0.115. The standard InChI is InChI=1S/C19H20N4O4/c1-25-15-8-7-13(17(26-2)18(15)27-3)12-16(24)22-14-6-4-9-20-19(14)23-11-5-10-21-23/h4-11H,12H2,1-3H3,(H,22,24). The summed E-state index contributed by atoms with van der Waals surface area (Å²) in [6.07, 6.45) is 5.14. The summed E-state index contributed by atoms with van der Waals surface area (Å²) in [6, 6.07) is 8.82. The van der Waals surface area contributed by atoms with E-state index in [4.69, 9.17) is 14.2 Å². The van der Waals surface area contributed by atoms with E-state index in [1.807, 2.05) is 0 Å². The molecule has 0 bridgehead atoms. The number of rotatable bonds is 7. The Bertz CT molecular complexity index is 925. The maximum Gasteiger partial charge on any atom is 0.229 e. The molecule has 27 heavy (non-hydrogen) atoms. The van der Waals surface area contributed by atoms with Gasteiger partial charge in [0.2, 0.25) is 11.7 Å². The number of carbonyl (C=O) groups is 1. The molecule has 0 aliphatic heterocycles. The highest BCUT2D eigenvalue weighted by Crippen LogP contribution is 2.40. The monoisotopic (exact) mass is 368 g/mol. The highest BCUT2D eigenvalue weighted by atomic mass is 16.5. The van der Waals surface area contributed by atoms with E-state index >= 15 is 0 Å². The van der Waals surface area contributed by atoms with Crippen LogP contribution in [0.2, 0.25) is 0 Å². The number of benzene rings is 1. The topological polar surface area (TPSA) is 87.5 Å². The fourth-order valence-corrected chi connectivity index (χ4v) is 2.74. The quantitative estimate of drug-likeness (QED) is 0.689. The van der Waals surface area contributed by atoms with Crippen molar-refractivity contribution in [3.63, 3.8) is 0 Å². The largest absolute Gasteiger partial charge is 0.493 e. The van der Waals surface area contributed by atoms with E-state index in [0.717, 1.165) is 0 Å². The van der Waals surface area contributed by atoms with Gasteiger partial charge < -0.3 is 19.5 Å². The van der Waals surface area contributed by atoms with Gasteiger partial charge in [0.1, 0.15) is 0 Å². The van der Waals surface area contributed by atoms with Crippen LogP contribution in [0.15, 0.2) is 48.9 Å². The SMILES string of the molecule is COc1ccc(CC(=O)Nc2cccnc2-n2cccn2)c(OC)c1OC. The number of hydrogen-bond donors (Lipinski definition) is 1. The molecule has 3 rings (SSSR count). The van der Waals surface area contributed by atoms with E-state index in [2.05, 4.69) is 15.4 Å². The molecule has 8 nitrogen and oxygen atoms in total. The Labute approximate surface area is 156 Å². The predicted octanol–water partition coefficient (Wildman–Crippen LogP) is 2.47. The van der Waals surface area contributed by atoms with Crippen LogP contribution in [-0.2, 0) is 11.2 Å². The summed E-state index contributed by atoms with van der Waals surface area (Å²) in [5.41, 5.74) is 1.24. The van der Waals surface area contributed by atoms with Crippen molar-refractivity contribution in [1.29, 1.82) is 0 Å². The molecule has 0 aliphatic rings. The van der Waals surface area contributed by atoms with Crippen LogP contribution in [0.1, 0.15) is 5.56 Å². The number of aromatic nitrogens is 3. The number of anilines is 1. The summed E-state index contributed by atoms with van der Waals surface area (Å²) >= 11 is 0. The summed E-state index contributed by atoms with van der Waals surface area (Å²) in [4.78, 5) is 16.9. The maximum absolute atomic E-state index is 12.6. The summed E-state index contributed by atoms with van der Waals surface area (Å²) in [7, 11) is 4.59. The normalized spacial score (nSPS) is 10.3. The van der Waals surface area contributed by atoms with Crippen molar-refractivity contribution in [3.8, 4) is 23.1 Å². The molecule has 0 atom stereocenters. The number of carbonyl (C=O) groups excluding carboxylic acids is 1. The fraction of sp³-hybridized carbons (Fsp3) is 0.211. The number of amides is 1. The van der Waals surface area contributed by atoms with Gasteiger partial charge in [-0.2, -0.15) is 5.10 Å².